The number of phenolic OH excluding ortho intramolecular Hbond substituents is 1. The summed E-state index contributed by atoms with van der Waals surface area (Å²) >= 11 is 0. The van der Waals surface area contributed by atoms with Crippen LogP contribution < -0.4 is 0 Å². The maximum absolute atomic E-state index is 10.7. The van der Waals surface area contributed by atoms with E-state index in [0.717, 1.165) is 21.9 Å². The highest BCUT2D eigenvalue weighted by molar-refractivity contribution is 6.26. The SMILES string of the molecule is Oc1ccc2ccccc2c1-c1ccc2c3ccccc3c3ccccc3c2c1. The van der Waals surface area contributed by atoms with Crippen molar-refractivity contribution >= 4 is 43.1 Å². The van der Waals surface area contributed by atoms with E-state index < -0.39 is 0 Å². The summed E-state index contributed by atoms with van der Waals surface area (Å²) in [6, 6.07) is 35.7. The highest BCUT2D eigenvalue weighted by Crippen LogP contribution is 2.41. The molecule has 0 saturated carbocycles. The molecule has 6 rings (SSSR count). The Morgan fingerprint density at radius 3 is 1.59 bits per heavy atom. The summed E-state index contributed by atoms with van der Waals surface area (Å²) in [6.45, 7) is 0. The summed E-state index contributed by atoms with van der Waals surface area (Å²) in [5.74, 6) is 0.313. The second-order valence-corrected chi connectivity index (χ2v) is 7.53. The first-order chi connectivity index (χ1) is 14.3. The molecule has 6 aromatic rings. The summed E-state index contributed by atoms with van der Waals surface area (Å²) in [7, 11) is 0. The molecule has 0 aliphatic rings. The highest BCUT2D eigenvalue weighted by Gasteiger charge is 2.13. The van der Waals surface area contributed by atoms with Crippen molar-refractivity contribution in [1.82, 2.24) is 0 Å². The molecule has 0 atom stereocenters. The fourth-order valence-electron chi connectivity index (χ4n) is 4.63. The molecule has 0 amide bonds. The molecule has 0 aliphatic heterocycles. The van der Waals surface area contributed by atoms with E-state index in [1.54, 1.807) is 6.07 Å². The fraction of sp³-hybridized carbons (Fsp3) is 0. The lowest BCUT2D eigenvalue weighted by Gasteiger charge is -2.14. The van der Waals surface area contributed by atoms with Crippen LogP contribution in [0.2, 0.25) is 0 Å². The van der Waals surface area contributed by atoms with Crippen LogP contribution >= 0.6 is 0 Å². The summed E-state index contributed by atoms with van der Waals surface area (Å²) < 4.78 is 0. The van der Waals surface area contributed by atoms with Crippen LogP contribution in [-0.2, 0) is 0 Å². The Labute approximate surface area is 168 Å². The van der Waals surface area contributed by atoms with Gasteiger partial charge in [-0.3, -0.25) is 0 Å². The van der Waals surface area contributed by atoms with E-state index in [2.05, 4.69) is 78.9 Å². The number of hydrogen-bond donors (Lipinski definition) is 1. The second kappa shape index (κ2) is 6.08. The maximum atomic E-state index is 10.7. The van der Waals surface area contributed by atoms with Crippen LogP contribution in [0.3, 0.4) is 0 Å². The van der Waals surface area contributed by atoms with Gasteiger partial charge in [-0.1, -0.05) is 91.0 Å². The van der Waals surface area contributed by atoms with Gasteiger partial charge in [0.2, 0.25) is 0 Å². The first kappa shape index (κ1) is 16.1. The molecule has 0 unspecified atom stereocenters. The van der Waals surface area contributed by atoms with E-state index in [9.17, 15) is 5.11 Å². The molecule has 0 radical (unpaired) electrons. The molecule has 0 aliphatic carbocycles. The molecule has 0 spiro atoms. The van der Waals surface area contributed by atoms with Crippen LogP contribution in [0.1, 0.15) is 0 Å². The summed E-state index contributed by atoms with van der Waals surface area (Å²) in [5.41, 5.74) is 1.93. The van der Waals surface area contributed by atoms with Crippen LogP contribution in [0.25, 0.3) is 54.2 Å². The summed E-state index contributed by atoms with van der Waals surface area (Å²) in [6.07, 6.45) is 0. The minimum absolute atomic E-state index is 0.313. The largest absolute Gasteiger partial charge is 0.507 e. The van der Waals surface area contributed by atoms with E-state index >= 15 is 0 Å². The third-order valence-electron chi connectivity index (χ3n) is 5.94. The van der Waals surface area contributed by atoms with Crippen molar-refractivity contribution in [1.29, 1.82) is 0 Å². The van der Waals surface area contributed by atoms with Crippen LogP contribution in [0.15, 0.2) is 103 Å². The minimum Gasteiger partial charge on any atom is -0.507 e. The molecule has 0 fully saturated rings. The smallest absolute Gasteiger partial charge is 0.124 e. The van der Waals surface area contributed by atoms with Gasteiger partial charge in [0.25, 0.3) is 0 Å². The number of rotatable bonds is 1. The average Bonchev–Trinajstić information content (AvgIpc) is 2.79. The highest BCUT2D eigenvalue weighted by atomic mass is 16.3. The van der Waals surface area contributed by atoms with Gasteiger partial charge in [0.1, 0.15) is 5.75 Å². The van der Waals surface area contributed by atoms with Gasteiger partial charge >= 0.3 is 0 Å². The number of hydrogen-bond acceptors (Lipinski definition) is 1. The zero-order valence-electron chi connectivity index (χ0n) is 15.8. The second-order valence-electron chi connectivity index (χ2n) is 7.53. The van der Waals surface area contributed by atoms with Crippen LogP contribution in [0.5, 0.6) is 5.75 Å². The Balaban J connectivity index is 1.77. The van der Waals surface area contributed by atoms with Gasteiger partial charge < -0.3 is 5.11 Å². The lowest BCUT2D eigenvalue weighted by atomic mass is 9.90. The van der Waals surface area contributed by atoms with E-state index in [1.165, 1.54) is 32.3 Å². The van der Waals surface area contributed by atoms with Crippen molar-refractivity contribution < 1.29 is 5.11 Å². The average molecular weight is 370 g/mol. The monoisotopic (exact) mass is 370 g/mol. The number of fused-ring (bicyclic) bond motifs is 7. The molecule has 0 saturated heterocycles. The van der Waals surface area contributed by atoms with Gasteiger partial charge in [0, 0.05) is 5.56 Å². The number of aromatic hydroxyl groups is 1. The molecular weight excluding hydrogens is 352 g/mol. The third kappa shape index (κ3) is 2.34. The molecule has 0 aromatic heterocycles. The van der Waals surface area contributed by atoms with Crippen LogP contribution in [-0.4, -0.2) is 5.11 Å². The Morgan fingerprint density at radius 2 is 0.931 bits per heavy atom. The molecule has 29 heavy (non-hydrogen) atoms. The molecule has 1 heteroatoms. The van der Waals surface area contributed by atoms with Crippen molar-refractivity contribution in [2.24, 2.45) is 0 Å². The van der Waals surface area contributed by atoms with Crippen molar-refractivity contribution in [3.8, 4) is 16.9 Å². The van der Waals surface area contributed by atoms with Crippen molar-refractivity contribution in [2.75, 3.05) is 0 Å². The standard InChI is InChI=1S/C28H18O/c29-27-16-14-18-7-1-2-8-20(18)28(27)19-13-15-25-23-11-4-3-9-21(23)22-10-5-6-12-24(22)26(25)17-19/h1-17,29H. The maximum Gasteiger partial charge on any atom is 0.124 e. The number of benzene rings is 6. The zero-order valence-corrected chi connectivity index (χ0v) is 15.8. The van der Waals surface area contributed by atoms with Crippen LogP contribution in [0.4, 0.5) is 0 Å². The van der Waals surface area contributed by atoms with Gasteiger partial charge in [-0.05, 0) is 60.8 Å². The van der Waals surface area contributed by atoms with Crippen molar-refractivity contribution in [2.45, 2.75) is 0 Å². The summed E-state index contributed by atoms with van der Waals surface area (Å²) in [5, 5.41) is 20.4. The molecule has 1 N–H and O–H groups in total. The van der Waals surface area contributed by atoms with Crippen molar-refractivity contribution in [3.63, 3.8) is 0 Å². The molecule has 136 valence electrons. The molecule has 6 aromatic carbocycles. The lowest BCUT2D eigenvalue weighted by molar-refractivity contribution is 0.478. The van der Waals surface area contributed by atoms with Gasteiger partial charge in [-0.2, -0.15) is 0 Å². The topological polar surface area (TPSA) is 20.2 Å². The van der Waals surface area contributed by atoms with Gasteiger partial charge in [0.05, 0.1) is 0 Å². The Hall–Kier alpha value is -3.84. The molecule has 0 bridgehead atoms. The predicted molar refractivity (Wildman–Crippen MR) is 124 cm³/mol. The first-order valence-electron chi connectivity index (χ1n) is 9.85. The first-order valence-corrected chi connectivity index (χ1v) is 9.85. The van der Waals surface area contributed by atoms with E-state index in [-0.39, 0.29) is 0 Å². The molecular formula is C28H18O. The van der Waals surface area contributed by atoms with Crippen LogP contribution in [0, 0.1) is 0 Å². The van der Waals surface area contributed by atoms with Crippen molar-refractivity contribution in [3.05, 3.63) is 103 Å². The van der Waals surface area contributed by atoms with Gasteiger partial charge in [-0.15, -0.1) is 0 Å². The minimum atomic E-state index is 0.313. The zero-order chi connectivity index (χ0) is 19.4. The Bertz CT molecular complexity index is 1520. The fourth-order valence-corrected chi connectivity index (χ4v) is 4.63. The molecule has 0 heterocycles. The normalized spacial score (nSPS) is 11.6. The van der Waals surface area contributed by atoms with Gasteiger partial charge in [-0.25, -0.2) is 0 Å². The van der Waals surface area contributed by atoms with E-state index in [4.69, 9.17) is 0 Å². The quantitative estimate of drug-likeness (QED) is 0.294. The Morgan fingerprint density at radius 1 is 0.414 bits per heavy atom. The molecule has 1 nitrogen and oxygen atoms in total. The summed E-state index contributed by atoms with van der Waals surface area (Å²) in [4.78, 5) is 0. The third-order valence-corrected chi connectivity index (χ3v) is 5.94. The van der Waals surface area contributed by atoms with Gasteiger partial charge in [0.15, 0.2) is 0 Å². The number of phenols is 1. The predicted octanol–water partition coefficient (Wildman–Crippen LogP) is 7.67. The Kier molecular flexibility index (Phi) is 3.39. The lowest BCUT2D eigenvalue weighted by Crippen LogP contribution is -1.86. The van der Waals surface area contributed by atoms with E-state index in [1.807, 2.05) is 18.2 Å². The van der Waals surface area contributed by atoms with E-state index in [0.29, 0.717) is 5.75 Å².